The molecule has 0 atom stereocenters. The van der Waals surface area contributed by atoms with Crippen LogP contribution in [-0.4, -0.2) is 23.3 Å². The topological polar surface area (TPSA) is 71.1 Å². The molecular formula is C16H13N3O2S2. The summed E-state index contributed by atoms with van der Waals surface area (Å²) >= 11 is 2.69. The molecule has 0 aliphatic heterocycles. The van der Waals surface area contributed by atoms with Gasteiger partial charge in [-0.1, -0.05) is 36.4 Å². The van der Waals surface area contributed by atoms with E-state index in [1.54, 1.807) is 17.6 Å². The normalized spacial score (nSPS) is 10.3. The minimum atomic E-state index is -0.281. The van der Waals surface area contributed by atoms with Gasteiger partial charge in [0, 0.05) is 5.56 Å². The predicted molar refractivity (Wildman–Crippen MR) is 92.8 cm³/mol. The number of thiophene rings is 1. The fourth-order valence-electron chi connectivity index (χ4n) is 1.96. The number of anilines is 1. The van der Waals surface area contributed by atoms with Gasteiger partial charge in [0.05, 0.1) is 16.9 Å². The zero-order chi connectivity index (χ0) is 16.1. The van der Waals surface area contributed by atoms with Crippen LogP contribution in [0, 0.1) is 0 Å². The van der Waals surface area contributed by atoms with Crippen LogP contribution < -0.4 is 10.6 Å². The van der Waals surface area contributed by atoms with Crippen LogP contribution in [0.15, 0.2) is 53.4 Å². The Bertz CT molecular complexity index is 798. The Hall–Kier alpha value is -2.51. The van der Waals surface area contributed by atoms with Crippen LogP contribution >= 0.6 is 22.7 Å². The summed E-state index contributed by atoms with van der Waals surface area (Å²) in [5, 5.41) is 7.89. The van der Waals surface area contributed by atoms with Gasteiger partial charge in [0.2, 0.25) is 5.91 Å². The van der Waals surface area contributed by atoms with Crippen LogP contribution in [0.5, 0.6) is 0 Å². The number of hydrogen-bond acceptors (Lipinski definition) is 5. The molecule has 0 saturated carbocycles. The molecule has 0 saturated heterocycles. The molecule has 1 aromatic carbocycles. The zero-order valence-corrected chi connectivity index (χ0v) is 13.6. The van der Waals surface area contributed by atoms with Crippen LogP contribution in [0.2, 0.25) is 0 Å². The molecule has 0 aliphatic carbocycles. The monoisotopic (exact) mass is 343 g/mol. The molecule has 116 valence electrons. The van der Waals surface area contributed by atoms with Crippen molar-refractivity contribution in [2.24, 2.45) is 0 Å². The Kier molecular flexibility index (Phi) is 4.80. The van der Waals surface area contributed by atoms with E-state index in [0.29, 0.717) is 9.88 Å². The Labute approximate surface area is 141 Å². The van der Waals surface area contributed by atoms with E-state index in [0.717, 1.165) is 11.3 Å². The number of nitrogens with zero attached hydrogens (tertiary/aromatic N) is 1. The third-order valence-electron chi connectivity index (χ3n) is 3.02. The van der Waals surface area contributed by atoms with Crippen molar-refractivity contribution in [3.8, 4) is 11.3 Å². The Morgan fingerprint density at radius 1 is 1.04 bits per heavy atom. The molecule has 2 N–H and O–H groups in total. The first-order valence-electron chi connectivity index (χ1n) is 6.84. The molecule has 0 aliphatic rings. The van der Waals surface area contributed by atoms with Crippen molar-refractivity contribution in [2.75, 3.05) is 11.9 Å². The lowest BCUT2D eigenvalue weighted by Crippen LogP contribution is -2.32. The van der Waals surface area contributed by atoms with Crippen LogP contribution in [-0.2, 0) is 4.79 Å². The number of thiazole rings is 1. The summed E-state index contributed by atoms with van der Waals surface area (Å²) in [7, 11) is 0. The van der Waals surface area contributed by atoms with Gasteiger partial charge in [-0.15, -0.1) is 22.7 Å². The summed E-state index contributed by atoms with van der Waals surface area (Å²) in [6.45, 7) is -0.0805. The van der Waals surface area contributed by atoms with Crippen LogP contribution in [0.1, 0.15) is 9.67 Å². The largest absolute Gasteiger partial charge is 0.342 e. The Morgan fingerprint density at radius 2 is 1.87 bits per heavy atom. The van der Waals surface area contributed by atoms with Crippen molar-refractivity contribution in [3.63, 3.8) is 0 Å². The Morgan fingerprint density at radius 3 is 2.61 bits per heavy atom. The highest BCUT2D eigenvalue weighted by molar-refractivity contribution is 7.14. The summed E-state index contributed by atoms with van der Waals surface area (Å²) in [4.78, 5) is 28.7. The number of rotatable bonds is 5. The minimum Gasteiger partial charge on any atom is -0.342 e. The molecule has 0 fully saturated rings. The smallest absolute Gasteiger partial charge is 0.261 e. The van der Waals surface area contributed by atoms with Gasteiger partial charge in [0.1, 0.15) is 10.7 Å². The van der Waals surface area contributed by atoms with Gasteiger partial charge in [0.15, 0.2) is 0 Å². The number of amides is 2. The molecular weight excluding hydrogens is 330 g/mol. The number of aromatic nitrogens is 1. The van der Waals surface area contributed by atoms with Gasteiger partial charge in [-0.25, -0.2) is 4.98 Å². The zero-order valence-electron chi connectivity index (χ0n) is 12.0. The van der Waals surface area contributed by atoms with Crippen molar-refractivity contribution in [2.45, 2.75) is 0 Å². The maximum atomic E-state index is 12.0. The molecule has 3 rings (SSSR count). The summed E-state index contributed by atoms with van der Waals surface area (Å²) in [6, 6.07) is 13.1. The predicted octanol–water partition coefficient (Wildman–Crippen LogP) is 3.24. The number of benzene rings is 1. The van der Waals surface area contributed by atoms with E-state index in [1.807, 2.05) is 35.7 Å². The molecule has 7 heteroatoms. The van der Waals surface area contributed by atoms with Crippen molar-refractivity contribution in [1.29, 1.82) is 0 Å². The highest BCUT2D eigenvalue weighted by Gasteiger charge is 2.13. The molecule has 23 heavy (non-hydrogen) atoms. The number of carbonyl (C=O) groups excluding carboxylic acids is 2. The highest BCUT2D eigenvalue weighted by Crippen LogP contribution is 2.29. The minimum absolute atomic E-state index is 0.0805. The van der Waals surface area contributed by atoms with Gasteiger partial charge < -0.3 is 10.6 Å². The molecule has 0 radical (unpaired) electrons. The van der Waals surface area contributed by atoms with Crippen LogP contribution in [0.25, 0.3) is 11.3 Å². The number of carbonyl (C=O) groups is 2. The molecule has 3 aromatic rings. The van der Waals surface area contributed by atoms with Gasteiger partial charge in [0.25, 0.3) is 5.91 Å². The SMILES string of the molecule is O=C(CNC(=O)c1cccs1)Nc1scnc1-c1ccccc1. The Balaban J connectivity index is 1.61. The molecule has 5 nitrogen and oxygen atoms in total. The summed E-state index contributed by atoms with van der Waals surface area (Å²) in [5.74, 6) is -0.529. The molecule has 2 aromatic heterocycles. The second kappa shape index (κ2) is 7.17. The van der Waals surface area contributed by atoms with Crippen molar-refractivity contribution in [3.05, 3.63) is 58.2 Å². The highest BCUT2D eigenvalue weighted by atomic mass is 32.1. The van der Waals surface area contributed by atoms with E-state index in [1.165, 1.54) is 22.7 Å². The lowest BCUT2D eigenvalue weighted by atomic mass is 10.2. The summed E-state index contributed by atoms with van der Waals surface area (Å²) in [6.07, 6.45) is 0. The van der Waals surface area contributed by atoms with Crippen LogP contribution in [0.3, 0.4) is 0 Å². The van der Waals surface area contributed by atoms with Crippen molar-refractivity contribution >= 4 is 39.5 Å². The average Bonchev–Trinajstić information content (AvgIpc) is 3.25. The molecule has 0 unspecified atom stereocenters. The second-order valence-corrected chi connectivity index (χ2v) is 6.41. The fourth-order valence-corrected chi connectivity index (χ4v) is 3.32. The van der Waals surface area contributed by atoms with E-state index in [-0.39, 0.29) is 18.4 Å². The number of nitrogens with one attached hydrogen (secondary N) is 2. The van der Waals surface area contributed by atoms with E-state index in [2.05, 4.69) is 15.6 Å². The second-order valence-electron chi connectivity index (χ2n) is 4.60. The number of hydrogen-bond donors (Lipinski definition) is 2. The third-order valence-corrected chi connectivity index (χ3v) is 4.63. The first kappa shape index (κ1) is 15.4. The van der Waals surface area contributed by atoms with E-state index < -0.39 is 0 Å². The molecule has 0 spiro atoms. The summed E-state index contributed by atoms with van der Waals surface area (Å²) < 4.78 is 0. The van der Waals surface area contributed by atoms with Gasteiger partial charge in [-0.05, 0) is 11.4 Å². The van der Waals surface area contributed by atoms with Gasteiger partial charge in [-0.3, -0.25) is 9.59 Å². The first-order valence-corrected chi connectivity index (χ1v) is 8.60. The van der Waals surface area contributed by atoms with Gasteiger partial charge >= 0.3 is 0 Å². The molecule has 2 heterocycles. The van der Waals surface area contributed by atoms with Crippen molar-refractivity contribution in [1.82, 2.24) is 10.3 Å². The van der Waals surface area contributed by atoms with E-state index in [4.69, 9.17) is 0 Å². The average molecular weight is 343 g/mol. The lowest BCUT2D eigenvalue weighted by Gasteiger charge is -2.06. The lowest BCUT2D eigenvalue weighted by molar-refractivity contribution is -0.115. The molecule has 2 amide bonds. The van der Waals surface area contributed by atoms with Crippen LogP contribution in [0.4, 0.5) is 5.00 Å². The maximum Gasteiger partial charge on any atom is 0.261 e. The quantitative estimate of drug-likeness (QED) is 0.747. The summed E-state index contributed by atoms with van der Waals surface area (Å²) in [5.41, 5.74) is 3.35. The first-order chi connectivity index (χ1) is 11.2. The fraction of sp³-hybridized carbons (Fsp3) is 0.0625. The molecule has 0 bridgehead atoms. The van der Waals surface area contributed by atoms with Gasteiger partial charge in [-0.2, -0.15) is 0 Å². The van der Waals surface area contributed by atoms with Crippen molar-refractivity contribution < 1.29 is 9.59 Å². The van der Waals surface area contributed by atoms with E-state index in [9.17, 15) is 9.59 Å². The maximum absolute atomic E-state index is 12.0. The standard InChI is InChI=1S/C16H13N3O2S2/c20-13(9-17-15(21)12-7-4-8-22-12)19-16-14(18-10-23-16)11-5-2-1-3-6-11/h1-8,10H,9H2,(H,17,21)(H,19,20). The van der Waals surface area contributed by atoms with E-state index >= 15 is 0 Å². The third kappa shape index (κ3) is 3.82.